The van der Waals surface area contributed by atoms with Gasteiger partial charge in [0.15, 0.2) is 0 Å². The van der Waals surface area contributed by atoms with Crippen molar-refractivity contribution in [3.05, 3.63) is 0 Å². The summed E-state index contributed by atoms with van der Waals surface area (Å²) in [5.41, 5.74) is -1.27. The van der Waals surface area contributed by atoms with Gasteiger partial charge in [-0.05, 0) is 12.3 Å². The molecule has 0 heterocycles. The fraction of sp³-hybridized carbons (Fsp3) is 1.00. The number of alkyl halides is 4. The zero-order valence-electron chi connectivity index (χ0n) is 13.2. The summed E-state index contributed by atoms with van der Waals surface area (Å²) >= 11 is 0. The third-order valence-electron chi connectivity index (χ3n) is 3.95. The van der Waals surface area contributed by atoms with Crippen molar-refractivity contribution < 1.29 is 17.6 Å². The molecule has 0 saturated carbocycles. The molecule has 0 aromatic heterocycles. The first-order chi connectivity index (χ1) is 8.24. The van der Waals surface area contributed by atoms with E-state index in [-0.39, 0.29) is 12.8 Å². The zero-order chi connectivity index (χ0) is 15.6. The first kappa shape index (κ1) is 18.7. The quantitative estimate of drug-likeness (QED) is 0.502. The predicted molar refractivity (Wildman–Crippen MR) is 71.7 cm³/mol. The number of hydrogen-bond donors (Lipinski definition) is 0. The molecular formula is C15H28F4. The lowest BCUT2D eigenvalue weighted by Crippen LogP contribution is -2.42. The van der Waals surface area contributed by atoms with Gasteiger partial charge in [0.2, 0.25) is 0 Å². The highest BCUT2D eigenvalue weighted by Gasteiger charge is 2.50. The van der Waals surface area contributed by atoms with E-state index in [4.69, 9.17) is 0 Å². The molecule has 1 atom stereocenters. The van der Waals surface area contributed by atoms with E-state index in [9.17, 15) is 17.6 Å². The van der Waals surface area contributed by atoms with E-state index in [0.29, 0.717) is 0 Å². The lowest BCUT2D eigenvalue weighted by atomic mass is 9.72. The lowest BCUT2D eigenvalue weighted by molar-refractivity contribution is -0.152. The molecule has 0 aliphatic rings. The van der Waals surface area contributed by atoms with Crippen molar-refractivity contribution in [2.24, 2.45) is 23.2 Å². The van der Waals surface area contributed by atoms with Gasteiger partial charge < -0.3 is 0 Å². The molecule has 0 nitrogen and oxygen atoms in total. The van der Waals surface area contributed by atoms with Crippen LogP contribution in [0, 0.1) is 23.2 Å². The third kappa shape index (κ3) is 4.64. The summed E-state index contributed by atoms with van der Waals surface area (Å²) in [6.45, 7) is 10.4. The Balaban J connectivity index is 4.77. The minimum Gasteiger partial charge on any atom is -0.207 e. The van der Waals surface area contributed by atoms with E-state index in [1.54, 1.807) is 6.92 Å². The molecule has 0 radical (unpaired) electrons. The van der Waals surface area contributed by atoms with E-state index in [1.165, 1.54) is 41.5 Å². The summed E-state index contributed by atoms with van der Waals surface area (Å²) in [6.07, 6.45) is -0.233. The third-order valence-corrected chi connectivity index (χ3v) is 3.95. The molecule has 0 bridgehead atoms. The molecule has 0 aromatic carbocycles. The molecule has 0 N–H and O–H groups in total. The van der Waals surface area contributed by atoms with Crippen LogP contribution in [-0.2, 0) is 0 Å². The van der Waals surface area contributed by atoms with Crippen LogP contribution < -0.4 is 0 Å². The fourth-order valence-corrected chi connectivity index (χ4v) is 2.56. The number of halogens is 4. The largest absolute Gasteiger partial charge is 0.255 e. The van der Waals surface area contributed by atoms with Gasteiger partial charge in [0, 0.05) is 23.7 Å². The topological polar surface area (TPSA) is 0 Å². The smallest absolute Gasteiger partial charge is 0.207 e. The van der Waals surface area contributed by atoms with E-state index in [1.807, 2.05) is 0 Å². The van der Waals surface area contributed by atoms with Crippen LogP contribution in [0.3, 0.4) is 0 Å². The SMILES string of the molecule is CC(CC(F)(F)C(C)C)CC(C)(C)C(F)(F)C(C)C. The second kappa shape index (κ2) is 6.01. The van der Waals surface area contributed by atoms with Crippen molar-refractivity contribution in [1.82, 2.24) is 0 Å². The van der Waals surface area contributed by atoms with Crippen LogP contribution in [0.15, 0.2) is 0 Å². The summed E-state index contributed by atoms with van der Waals surface area (Å²) in [5.74, 6) is -7.63. The van der Waals surface area contributed by atoms with Gasteiger partial charge in [0.05, 0.1) is 0 Å². The van der Waals surface area contributed by atoms with Crippen molar-refractivity contribution in [3.63, 3.8) is 0 Å². The molecule has 0 aliphatic heterocycles. The Morgan fingerprint density at radius 1 is 0.737 bits per heavy atom. The summed E-state index contributed by atoms with van der Waals surface area (Å²) in [7, 11) is 0. The average Bonchev–Trinajstić information content (AvgIpc) is 2.14. The molecule has 19 heavy (non-hydrogen) atoms. The normalized spacial score (nSPS) is 16.3. The molecule has 116 valence electrons. The summed E-state index contributed by atoms with van der Waals surface area (Å²) in [6, 6.07) is 0. The highest BCUT2D eigenvalue weighted by atomic mass is 19.3. The van der Waals surface area contributed by atoms with E-state index in [0.717, 1.165) is 0 Å². The van der Waals surface area contributed by atoms with Gasteiger partial charge in [-0.15, -0.1) is 0 Å². The molecule has 0 fully saturated rings. The molecule has 4 heteroatoms. The first-order valence-corrected chi connectivity index (χ1v) is 6.99. The van der Waals surface area contributed by atoms with Gasteiger partial charge >= 0.3 is 0 Å². The number of hydrogen-bond acceptors (Lipinski definition) is 0. The molecule has 1 unspecified atom stereocenters. The second-order valence-electron chi connectivity index (χ2n) is 7.09. The van der Waals surface area contributed by atoms with Crippen LogP contribution >= 0.6 is 0 Å². The van der Waals surface area contributed by atoms with Gasteiger partial charge in [-0.2, -0.15) is 0 Å². The average molecular weight is 284 g/mol. The van der Waals surface area contributed by atoms with E-state index in [2.05, 4.69) is 0 Å². The maximum Gasteiger partial charge on any atom is 0.255 e. The number of rotatable bonds is 7. The van der Waals surface area contributed by atoms with Crippen LogP contribution in [0.25, 0.3) is 0 Å². The highest BCUT2D eigenvalue weighted by molar-refractivity contribution is 4.89. The summed E-state index contributed by atoms with van der Waals surface area (Å²) in [4.78, 5) is 0. The van der Waals surface area contributed by atoms with Gasteiger partial charge in [0.25, 0.3) is 11.8 Å². The maximum atomic E-state index is 14.1. The van der Waals surface area contributed by atoms with Crippen LogP contribution in [0.2, 0.25) is 0 Å². The van der Waals surface area contributed by atoms with Crippen molar-refractivity contribution in [1.29, 1.82) is 0 Å². The Kier molecular flexibility index (Phi) is 5.92. The fourth-order valence-electron chi connectivity index (χ4n) is 2.56. The lowest BCUT2D eigenvalue weighted by Gasteiger charge is -2.39. The Bertz CT molecular complexity index is 280. The monoisotopic (exact) mass is 284 g/mol. The van der Waals surface area contributed by atoms with Crippen LogP contribution in [-0.4, -0.2) is 11.8 Å². The van der Waals surface area contributed by atoms with Crippen LogP contribution in [0.1, 0.15) is 61.3 Å². The molecule has 0 aromatic rings. The Labute approximate surface area is 115 Å². The van der Waals surface area contributed by atoms with Gasteiger partial charge in [-0.3, -0.25) is 0 Å². The molecule has 0 rings (SSSR count). The predicted octanol–water partition coefficient (Wildman–Crippen LogP) is 6.01. The van der Waals surface area contributed by atoms with Gasteiger partial charge in [0.1, 0.15) is 0 Å². The maximum absolute atomic E-state index is 14.1. The minimum absolute atomic E-state index is 0.0977. The van der Waals surface area contributed by atoms with Gasteiger partial charge in [-0.25, -0.2) is 17.6 Å². The van der Waals surface area contributed by atoms with Crippen LogP contribution in [0.5, 0.6) is 0 Å². The van der Waals surface area contributed by atoms with E-state index < -0.39 is 35.0 Å². The molecular weight excluding hydrogens is 256 g/mol. The van der Waals surface area contributed by atoms with Crippen molar-refractivity contribution in [3.8, 4) is 0 Å². The highest BCUT2D eigenvalue weighted by Crippen LogP contribution is 2.47. The van der Waals surface area contributed by atoms with Gasteiger partial charge in [-0.1, -0.05) is 48.5 Å². The second-order valence-corrected chi connectivity index (χ2v) is 7.09. The Hall–Kier alpha value is -0.280. The molecule has 0 amide bonds. The van der Waals surface area contributed by atoms with Crippen LogP contribution in [0.4, 0.5) is 17.6 Å². The Morgan fingerprint density at radius 3 is 1.47 bits per heavy atom. The molecule has 0 saturated heterocycles. The van der Waals surface area contributed by atoms with Crippen molar-refractivity contribution >= 4 is 0 Å². The van der Waals surface area contributed by atoms with E-state index >= 15 is 0 Å². The summed E-state index contributed by atoms with van der Waals surface area (Å²) < 4.78 is 55.5. The van der Waals surface area contributed by atoms with Crippen molar-refractivity contribution in [2.45, 2.75) is 73.2 Å². The molecule has 0 aliphatic carbocycles. The first-order valence-electron chi connectivity index (χ1n) is 6.99. The standard InChI is InChI=1S/C15H28F4/c1-10(2)14(16,17)9-12(5)8-13(6,7)15(18,19)11(3)4/h10-12H,8-9H2,1-7H3. The van der Waals surface area contributed by atoms with Crippen molar-refractivity contribution in [2.75, 3.05) is 0 Å². The zero-order valence-corrected chi connectivity index (χ0v) is 13.2. The molecule has 0 spiro atoms. The summed E-state index contributed by atoms with van der Waals surface area (Å²) in [5, 5.41) is 0. The Morgan fingerprint density at radius 2 is 1.16 bits per heavy atom. The minimum atomic E-state index is -2.85.